The van der Waals surface area contributed by atoms with Crippen LogP contribution < -0.4 is 10.6 Å². The van der Waals surface area contributed by atoms with E-state index < -0.39 is 0 Å². The monoisotopic (exact) mass is 248 g/mol. The van der Waals surface area contributed by atoms with Crippen molar-refractivity contribution in [3.8, 4) is 0 Å². The second-order valence-electron chi connectivity index (χ2n) is 5.24. The highest BCUT2D eigenvalue weighted by atomic mass is 16.4. The summed E-state index contributed by atoms with van der Waals surface area (Å²) in [6.07, 6.45) is 2.92. The molecule has 0 aliphatic carbocycles. The standard InChI is InChI=1S/C13H20N4O/c1-9-5-10(2)8-17(7-9)12-4-3-11(6-15-12)13(14)16-18/h3-4,6,9-10,18H,5,7-8H2,1-2H3,(H2,14,16). The molecule has 0 saturated carbocycles. The highest BCUT2D eigenvalue weighted by Crippen LogP contribution is 2.24. The lowest BCUT2D eigenvalue weighted by molar-refractivity contribution is 0.318. The van der Waals surface area contributed by atoms with Crippen LogP contribution in [-0.4, -0.2) is 29.1 Å². The van der Waals surface area contributed by atoms with Crippen molar-refractivity contribution in [1.29, 1.82) is 0 Å². The second kappa shape index (κ2) is 5.25. The molecule has 0 spiro atoms. The molecule has 2 atom stereocenters. The number of hydrogen-bond acceptors (Lipinski definition) is 4. The summed E-state index contributed by atoms with van der Waals surface area (Å²) in [5, 5.41) is 11.6. The van der Waals surface area contributed by atoms with Gasteiger partial charge in [-0.05, 0) is 30.4 Å². The van der Waals surface area contributed by atoms with Crippen LogP contribution in [0.3, 0.4) is 0 Å². The molecule has 2 unspecified atom stereocenters. The van der Waals surface area contributed by atoms with E-state index in [1.807, 2.05) is 12.1 Å². The molecule has 1 aliphatic heterocycles. The van der Waals surface area contributed by atoms with E-state index in [1.54, 1.807) is 6.20 Å². The molecule has 0 aromatic carbocycles. The topological polar surface area (TPSA) is 74.7 Å². The zero-order valence-corrected chi connectivity index (χ0v) is 10.9. The van der Waals surface area contributed by atoms with Crippen molar-refractivity contribution in [2.75, 3.05) is 18.0 Å². The number of pyridine rings is 1. The van der Waals surface area contributed by atoms with E-state index >= 15 is 0 Å². The Morgan fingerprint density at radius 1 is 1.39 bits per heavy atom. The van der Waals surface area contributed by atoms with Gasteiger partial charge in [-0.25, -0.2) is 4.98 Å². The Bertz CT molecular complexity index is 419. The van der Waals surface area contributed by atoms with Crippen LogP contribution >= 0.6 is 0 Å². The van der Waals surface area contributed by atoms with Gasteiger partial charge in [0.25, 0.3) is 0 Å². The molecule has 1 fully saturated rings. The van der Waals surface area contributed by atoms with Crippen molar-refractivity contribution < 1.29 is 5.21 Å². The number of oxime groups is 1. The number of amidine groups is 1. The highest BCUT2D eigenvalue weighted by molar-refractivity contribution is 5.96. The van der Waals surface area contributed by atoms with Crippen LogP contribution in [0.5, 0.6) is 0 Å². The van der Waals surface area contributed by atoms with Gasteiger partial charge in [0, 0.05) is 24.8 Å². The molecule has 1 saturated heterocycles. The van der Waals surface area contributed by atoms with Crippen molar-refractivity contribution in [2.24, 2.45) is 22.7 Å². The van der Waals surface area contributed by atoms with Crippen LogP contribution in [0.25, 0.3) is 0 Å². The van der Waals surface area contributed by atoms with Gasteiger partial charge in [0.2, 0.25) is 0 Å². The van der Waals surface area contributed by atoms with Crippen molar-refractivity contribution in [3.05, 3.63) is 23.9 Å². The number of anilines is 1. The van der Waals surface area contributed by atoms with Crippen LogP contribution in [-0.2, 0) is 0 Å². The quantitative estimate of drug-likeness (QED) is 0.361. The largest absolute Gasteiger partial charge is 0.409 e. The average molecular weight is 248 g/mol. The first kappa shape index (κ1) is 12.7. The van der Waals surface area contributed by atoms with E-state index in [4.69, 9.17) is 10.9 Å². The van der Waals surface area contributed by atoms with Crippen molar-refractivity contribution in [2.45, 2.75) is 20.3 Å². The summed E-state index contributed by atoms with van der Waals surface area (Å²) >= 11 is 0. The molecule has 1 aliphatic rings. The lowest BCUT2D eigenvalue weighted by Gasteiger charge is -2.35. The van der Waals surface area contributed by atoms with E-state index in [0.29, 0.717) is 17.4 Å². The number of hydrogen-bond donors (Lipinski definition) is 2. The average Bonchev–Trinajstić information content (AvgIpc) is 2.37. The molecule has 5 heteroatoms. The third kappa shape index (κ3) is 2.72. The summed E-state index contributed by atoms with van der Waals surface area (Å²) in [5.41, 5.74) is 6.15. The maximum atomic E-state index is 8.60. The first-order valence-electron chi connectivity index (χ1n) is 6.29. The molecule has 18 heavy (non-hydrogen) atoms. The van der Waals surface area contributed by atoms with Crippen LogP contribution in [0.1, 0.15) is 25.8 Å². The Morgan fingerprint density at radius 2 is 2.06 bits per heavy atom. The van der Waals surface area contributed by atoms with Crippen LogP contribution in [0, 0.1) is 11.8 Å². The van der Waals surface area contributed by atoms with E-state index in [2.05, 4.69) is 28.9 Å². The van der Waals surface area contributed by atoms with Gasteiger partial charge in [0.1, 0.15) is 5.82 Å². The van der Waals surface area contributed by atoms with Gasteiger partial charge in [-0.3, -0.25) is 0 Å². The summed E-state index contributed by atoms with van der Waals surface area (Å²) in [4.78, 5) is 6.69. The predicted octanol–water partition coefficient (Wildman–Crippen LogP) is 1.66. The predicted molar refractivity (Wildman–Crippen MR) is 71.9 cm³/mol. The first-order valence-corrected chi connectivity index (χ1v) is 6.29. The van der Waals surface area contributed by atoms with Gasteiger partial charge in [-0.2, -0.15) is 0 Å². The summed E-state index contributed by atoms with van der Waals surface area (Å²) in [6.45, 7) is 6.63. The summed E-state index contributed by atoms with van der Waals surface area (Å²) in [6, 6.07) is 3.76. The van der Waals surface area contributed by atoms with Gasteiger partial charge in [0.15, 0.2) is 5.84 Å². The Kier molecular flexibility index (Phi) is 3.69. The van der Waals surface area contributed by atoms with Crippen LogP contribution in [0.15, 0.2) is 23.5 Å². The number of piperidine rings is 1. The number of aromatic nitrogens is 1. The van der Waals surface area contributed by atoms with E-state index in [1.165, 1.54) is 6.42 Å². The van der Waals surface area contributed by atoms with E-state index in [9.17, 15) is 0 Å². The molecule has 5 nitrogen and oxygen atoms in total. The van der Waals surface area contributed by atoms with Crippen molar-refractivity contribution >= 4 is 11.7 Å². The van der Waals surface area contributed by atoms with E-state index in [-0.39, 0.29) is 5.84 Å². The SMILES string of the molecule is CC1CC(C)CN(c2ccc(/C(N)=N/O)cn2)C1. The summed E-state index contributed by atoms with van der Waals surface area (Å²) in [7, 11) is 0. The maximum absolute atomic E-state index is 8.60. The Balaban J connectivity index is 2.14. The van der Waals surface area contributed by atoms with Gasteiger partial charge in [-0.1, -0.05) is 19.0 Å². The first-order chi connectivity index (χ1) is 8.60. The molecule has 2 heterocycles. The fourth-order valence-corrected chi connectivity index (χ4v) is 2.63. The molecule has 0 bridgehead atoms. The minimum absolute atomic E-state index is 0.0921. The van der Waals surface area contributed by atoms with Gasteiger partial charge in [0.05, 0.1) is 0 Å². The molecule has 0 radical (unpaired) electrons. The molecule has 1 aromatic heterocycles. The molecule has 3 N–H and O–H groups in total. The Hall–Kier alpha value is -1.78. The minimum atomic E-state index is 0.0921. The normalized spacial score (nSPS) is 25.2. The summed E-state index contributed by atoms with van der Waals surface area (Å²) < 4.78 is 0. The fourth-order valence-electron chi connectivity index (χ4n) is 2.63. The zero-order valence-electron chi connectivity index (χ0n) is 10.9. The van der Waals surface area contributed by atoms with Gasteiger partial charge in [-0.15, -0.1) is 0 Å². The highest BCUT2D eigenvalue weighted by Gasteiger charge is 2.22. The minimum Gasteiger partial charge on any atom is -0.409 e. The third-order valence-corrected chi connectivity index (χ3v) is 3.34. The fraction of sp³-hybridized carbons (Fsp3) is 0.538. The van der Waals surface area contributed by atoms with Crippen molar-refractivity contribution in [3.63, 3.8) is 0 Å². The summed E-state index contributed by atoms with van der Waals surface area (Å²) in [5.74, 6) is 2.44. The Morgan fingerprint density at radius 3 is 2.56 bits per heavy atom. The van der Waals surface area contributed by atoms with Crippen LogP contribution in [0.2, 0.25) is 0 Å². The third-order valence-electron chi connectivity index (χ3n) is 3.34. The van der Waals surface area contributed by atoms with Gasteiger partial charge >= 0.3 is 0 Å². The second-order valence-corrected chi connectivity index (χ2v) is 5.24. The lowest BCUT2D eigenvalue weighted by Crippen LogP contribution is -2.39. The number of nitrogens with two attached hydrogens (primary N) is 1. The molecular formula is C13H20N4O. The molecule has 0 amide bonds. The number of nitrogens with zero attached hydrogens (tertiary/aromatic N) is 3. The van der Waals surface area contributed by atoms with E-state index in [0.717, 1.165) is 18.9 Å². The number of rotatable bonds is 2. The molecule has 98 valence electrons. The molecule has 1 aromatic rings. The molecular weight excluding hydrogens is 228 g/mol. The zero-order chi connectivity index (χ0) is 13.1. The van der Waals surface area contributed by atoms with Gasteiger partial charge < -0.3 is 15.8 Å². The Labute approximate surface area is 107 Å². The lowest BCUT2D eigenvalue weighted by atomic mass is 9.92. The molecule has 2 rings (SSSR count). The smallest absolute Gasteiger partial charge is 0.171 e. The van der Waals surface area contributed by atoms with Crippen molar-refractivity contribution in [1.82, 2.24) is 4.98 Å². The van der Waals surface area contributed by atoms with Crippen LogP contribution in [0.4, 0.5) is 5.82 Å². The maximum Gasteiger partial charge on any atom is 0.171 e.